The second-order valence-corrected chi connectivity index (χ2v) is 5.99. The maximum absolute atomic E-state index is 12.8. The molecule has 2 aromatic carbocycles. The van der Waals surface area contributed by atoms with Gasteiger partial charge in [0.1, 0.15) is 5.70 Å². The largest absolute Gasteiger partial charge is 0.321 e. The minimum absolute atomic E-state index is 0.137. The Morgan fingerprint density at radius 3 is 2.48 bits per heavy atom. The van der Waals surface area contributed by atoms with Crippen LogP contribution < -0.4 is 10.6 Å². The number of amides is 2. The van der Waals surface area contributed by atoms with Gasteiger partial charge in [-0.15, -0.1) is 0 Å². The van der Waals surface area contributed by atoms with Crippen LogP contribution in [0.1, 0.15) is 21.5 Å². The van der Waals surface area contributed by atoms with E-state index < -0.39 is 5.91 Å². The van der Waals surface area contributed by atoms with Crippen molar-refractivity contribution in [2.45, 2.75) is 6.92 Å². The van der Waals surface area contributed by atoms with Crippen LogP contribution in [-0.2, 0) is 4.79 Å². The van der Waals surface area contributed by atoms with Crippen molar-refractivity contribution in [2.75, 3.05) is 5.32 Å². The Kier molecular flexibility index (Phi) is 5.74. The highest BCUT2D eigenvalue weighted by Crippen LogP contribution is 2.12. The summed E-state index contributed by atoms with van der Waals surface area (Å²) in [6.45, 7) is 1.94. The van der Waals surface area contributed by atoms with Crippen molar-refractivity contribution in [3.63, 3.8) is 0 Å². The van der Waals surface area contributed by atoms with E-state index in [9.17, 15) is 9.59 Å². The molecule has 134 valence electrons. The fourth-order valence-corrected chi connectivity index (χ4v) is 2.49. The molecular formula is C22H19N3O2. The maximum atomic E-state index is 12.8. The number of hydrogen-bond donors (Lipinski definition) is 2. The van der Waals surface area contributed by atoms with E-state index >= 15 is 0 Å². The molecule has 27 heavy (non-hydrogen) atoms. The molecule has 3 rings (SSSR count). The van der Waals surface area contributed by atoms with E-state index in [1.54, 1.807) is 54.9 Å². The Morgan fingerprint density at radius 2 is 1.78 bits per heavy atom. The average Bonchev–Trinajstić information content (AvgIpc) is 2.69. The SMILES string of the molecule is Cc1cccc(NC(=O)C(=Cc2cccnc2)NC(=O)c2ccccc2)c1. The molecule has 0 saturated carbocycles. The summed E-state index contributed by atoms with van der Waals surface area (Å²) in [5.41, 5.74) is 3.00. The minimum atomic E-state index is -0.409. The summed E-state index contributed by atoms with van der Waals surface area (Å²) in [7, 11) is 0. The molecular weight excluding hydrogens is 338 g/mol. The Hall–Kier alpha value is -3.73. The van der Waals surface area contributed by atoms with Gasteiger partial charge in [-0.2, -0.15) is 0 Å². The zero-order chi connectivity index (χ0) is 19.1. The van der Waals surface area contributed by atoms with Crippen LogP contribution >= 0.6 is 0 Å². The van der Waals surface area contributed by atoms with Gasteiger partial charge in [-0.25, -0.2) is 0 Å². The van der Waals surface area contributed by atoms with Gasteiger partial charge in [-0.1, -0.05) is 36.4 Å². The van der Waals surface area contributed by atoms with E-state index in [0.717, 1.165) is 5.56 Å². The lowest BCUT2D eigenvalue weighted by Crippen LogP contribution is -2.30. The van der Waals surface area contributed by atoms with E-state index in [4.69, 9.17) is 0 Å². The van der Waals surface area contributed by atoms with Crippen LogP contribution in [0.5, 0.6) is 0 Å². The molecule has 0 aliphatic heterocycles. The highest BCUT2D eigenvalue weighted by atomic mass is 16.2. The number of aromatic nitrogens is 1. The van der Waals surface area contributed by atoms with Gasteiger partial charge >= 0.3 is 0 Å². The highest BCUT2D eigenvalue weighted by molar-refractivity contribution is 6.10. The molecule has 0 radical (unpaired) electrons. The van der Waals surface area contributed by atoms with Gasteiger partial charge < -0.3 is 10.6 Å². The number of nitrogens with zero attached hydrogens (tertiary/aromatic N) is 1. The van der Waals surface area contributed by atoms with Crippen molar-refractivity contribution in [2.24, 2.45) is 0 Å². The normalized spacial score (nSPS) is 10.9. The summed E-state index contributed by atoms with van der Waals surface area (Å²) >= 11 is 0. The third kappa shape index (κ3) is 5.12. The van der Waals surface area contributed by atoms with Crippen LogP contribution in [0.15, 0.2) is 84.8 Å². The Bertz CT molecular complexity index is 967. The van der Waals surface area contributed by atoms with Gasteiger partial charge in [0.2, 0.25) is 0 Å². The fraction of sp³-hybridized carbons (Fsp3) is 0.0455. The molecule has 2 amide bonds. The van der Waals surface area contributed by atoms with Crippen molar-refractivity contribution >= 4 is 23.6 Å². The molecule has 0 spiro atoms. The zero-order valence-corrected chi connectivity index (χ0v) is 14.8. The number of nitrogens with one attached hydrogen (secondary N) is 2. The topological polar surface area (TPSA) is 71.1 Å². The van der Waals surface area contributed by atoms with Crippen LogP contribution in [0.3, 0.4) is 0 Å². The van der Waals surface area contributed by atoms with Gasteiger partial charge in [0, 0.05) is 23.6 Å². The highest BCUT2D eigenvalue weighted by Gasteiger charge is 2.15. The molecule has 0 atom stereocenters. The number of rotatable bonds is 5. The summed E-state index contributed by atoms with van der Waals surface area (Å²) < 4.78 is 0. The molecule has 0 bridgehead atoms. The third-order valence-corrected chi connectivity index (χ3v) is 3.80. The third-order valence-electron chi connectivity index (χ3n) is 3.80. The van der Waals surface area contributed by atoms with Gasteiger partial charge in [-0.3, -0.25) is 14.6 Å². The van der Waals surface area contributed by atoms with Crippen molar-refractivity contribution in [1.29, 1.82) is 0 Å². The monoisotopic (exact) mass is 357 g/mol. The lowest BCUT2D eigenvalue weighted by molar-refractivity contribution is -0.113. The summed E-state index contributed by atoms with van der Waals surface area (Å²) in [6, 6.07) is 19.8. The predicted octanol–water partition coefficient (Wildman–Crippen LogP) is 3.80. The first-order valence-corrected chi connectivity index (χ1v) is 8.48. The molecule has 0 unspecified atom stereocenters. The molecule has 0 saturated heterocycles. The van der Waals surface area contributed by atoms with Gasteiger partial charge in [0.05, 0.1) is 0 Å². The second-order valence-electron chi connectivity index (χ2n) is 5.99. The van der Waals surface area contributed by atoms with Crippen LogP contribution in [0.2, 0.25) is 0 Å². The molecule has 1 heterocycles. The Balaban J connectivity index is 1.86. The Morgan fingerprint density at radius 1 is 0.963 bits per heavy atom. The van der Waals surface area contributed by atoms with Crippen molar-refractivity contribution in [1.82, 2.24) is 10.3 Å². The number of hydrogen-bond acceptors (Lipinski definition) is 3. The van der Waals surface area contributed by atoms with Crippen LogP contribution in [0.25, 0.3) is 6.08 Å². The average molecular weight is 357 g/mol. The minimum Gasteiger partial charge on any atom is -0.321 e. The predicted molar refractivity (Wildman–Crippen MR) is 106 cm³/mol. The van der Waals surface area contributed by atoms with Crippen molar-refractivity contribution in [3.8, 4) is 0 Å². The molecule has 2 N–H and O–H groups in total. The number of pyridine rings is 1. The number of aryl methyl sites for hydroxylation is 1. The van der Waals surface area contributed by atoms with Gasteiger partial charge in [0.15, 0.2) is 0 Å². The molecule has 0 aliphatic rings. The molecule has 5 heteroatoms. The summed E-state index contributed by atoms with van der Waals surface area (Å²) in [6.07, 6.45) is 4.86. The molecule has 5 nitrogen and oxygen atoms in total. The van der Waals surface area contributed by atoms with Gasteiger partial charge in [0.25, 0.3) is 11.8 Å². The quantitative estimate of drug-likeness (QED) is 0.682. The second kappa shape index (κ2) is 8.58. The lowest BCUT2D eigenvalue weighted by Gasteiger charge is -2.11. The van der Waals surface area contributed by atoms with Crippen molar-refractivity contribution in [3.05, 3.63) is 102 Å². The first-order valence-electron chi connectivity index (χ1n) is 8.48. The standard InChI is InChI=1S/C22H19N3O2/c1-16-7-5-11-19(13-16)24-22(27)20(14-17-8-6-12-23-15-17)25-21(26)18-9-3-2-4-10-18/h2-15H,1H3,(H,24,27)(H,25,26). The van der Waals surface area contributed by atoms with Gasteiger partial charge in [-0.05, 0) is 54.5 Å². The number of carbonyl (C=O) groups excluding carboxylic acids is 2. The smallest absolute Gasteiger partial charge is 0.272 e. The molecule has 0 fully saturated rings. The molecule has 1 aromatic heterocycles. The van der Waals surface area contributed by atoms with E-state index in [0.29, 0.717) is 16.8 Å². The van der Waals surface area contributed by atoms with Crippen LogP contribution in [0, 0.1) is 6.92 Å². The Labute approximate surface area is 157 Å². The van der Waals surface area contributed by atoms with Crippen LogP contribution in [-0.4, -0.2) is 16.8 Å². The van der Waals surface area contributed by atoms with E-state index in [1.165, 1.54) is 0 Å². The number of benzene rings is 2. The van der Waals surface area contributed by atoms with Crippen LogP contribution in [0.4, 0.5) is 5.69 Å². The van der Waals surface area contributed by atoms with E-state index in [1.807, 2.05) is 37.3 Å². The number of anilines is 1. The lowest BCUT2D eigenvalue weighted by atomic mass is 10.2. The number of carbonyl (C=O) groups is 2. The first-order chi connectivity index (χ1) is 13.1. The van der Waals surface area contributed by atoms with Crippen molar-refractivity contribution < 1.29 is 9.59 Å². The summed E-state index contributed by atoms with van der Waals surface area (Å²) in [5, 5.41) is 5.52. The molecule has 3 aromatic rings. The molecule has 0 aliphatic carbocycles. The fourth-order valence-electron chi connectivity index (χ4n) is 2.49. The first kappa shape index (κ1) is 18.1. The summed E-state index contributed by atoms with van der Waals surface area (Å²) in [5.74, 6) is -0.765. The van der Waals surface area contributed by atoms with E-state index in [2.05, 4.69) is 15.6 Å². The zero-order valence-electron chi connectivity index (χ0n) is 14.8. The van der Waals surface area contributed by atoms with E-state index in [-0.39, 0.29) is 11.6 Å². The maximum Gasteiger partial charge on any atom is 0.272 e. The summed E-state index contributed by atoms with van der Waals surface area (Å²) in [4.78, 5) is 29.3.